The molecule has 0 radical (unpaired) electrons. The van der Waals surface area contributed by atoms with E-state index in [0.29, 0.717) is 5.92 Å². The molecule has 3 heteroatoms. The summed E-state index contributed by atoms with van der Waals surface area (Å²) in [6.07, 6.45) is 0. The van der Waals surface area contributed by atoms with Crippen LogP contribution in [0.2, 0.25) is 0 Å². The van der Waals surface area contributed by atoms with Crippen molar-refractivity contribution in [1.82, 2.24) is 9.78 Å². The van der Waals surface area contributed by atoms with Gasteiger partial charge in [-0.15, -0.1) is 0 Å². The van der Waals surface area contributed by atoms with Crippen molar-refractivity contribution in [3.8, 4) is 11.3 Å². The molecule has 2 aromatic rings. The minimum Gasteiger partial charge on any atom is -0.295 e. The first-order chi connectivity index (χ1) is 9.30. The highest BCUT2D eigenvalue weighted by Gasteiger charge is 2.26. The fourth-order valence-electron chi connectivity index (χ4n) is 2.49. The standard InChI is InChI=1S/C17H24N2O/c1-12(2)11-19-16(20)14(17(3,4)5)15(18-19)13-9-7-6-8-10-13/h6-10,12,18H,11H2,1-5H3. The van der Waals surface area contributed by atoms with Crippen LogP contribution in [0, 0.1) is 5.92 Å². The van der Waals surface area contributed by atoms with Crippen molar-refractivity contribution in [2.45, 2.75) is 46.6 Å². The molecule has 0 unspecified atom stereocenters. The number of aromatic nitrogens is 2. The van der Waals surface area contributed by atoms with Gasteiger partial charge >= 0.3 is 0 Å². The summed E-state index contributed by atoms with van der Waals surface area (Å²) in [5.41, 5.74) is 2.80. The van der Waals surface area contributed by atoms with Crippen LogP contribution in [0.15, 0.2) is 35.1 Å². The van der Waals surface area contributed by atoms with Crippen LogP contribution in [0.1, 0.15) is 40.2 Å². The Bertz CT molecular complexity index is 627. The SMILES string of the molecule is CC(C)Cn1[nH]c(-c2ccccc2)c(C(C)(C)C)c1=O. The van der Waals surface area contributed by atoms with Crippen molar-refractivity contribution < 1.29 is 0 Å². The molecule has 0 saturated heterocycles. The van der Waals surface area contributed by atoms with Crippen molar-refractivity contribution in [2.24, 2.45) is 5.92 Å². The maximum absolute atomic E-state index is 12.7. The summed E-state index contributed by atoms with van der Waals surface area (Å²) in [7, 11) is 0. The van der Waals surface area contributed by atoms with Gasteiger partial charge < -0.3 is 0 Å². The molecule has 3 nitrogen and oxygen atoms in total. The predicted molar refractivity (Wildman–Crippen MR) is 84.0 cm³/mol. The summed E-state index contributed by atoms with van der Waals surface area (Å²) >= 11 is 0. The van der Waals surface area contributed by atoms with Gasteiger partial charge in [0.1, 0.15) is 0 Å². The molecule has 1 aromatic carbocycles. The van der Waals surface area contributed by atoms with Crippen molar-refractivity contribution >= 4 is 0 Å². The number of rotatable bonds is 3. The molecule has 108 valence electrons. The highest BCUT2D eigenvalue weighted by molar-refractivity contribution is 5.64. The molecule has 0 aliphatic heterocycles. The number of hydrogen-bond donors (Lipinski definition) is 1. The third-order valence-electron chi connectivity index (χ3n) is 3.32. The molecule has 0 spiro atoms. The van der Waals surface area contributed by atoms with E-state index in [9.17, 15) is 4.79 Å². The molecule has 0 saturated carbocycles. The Kier molecular flexibility index (Phi) is 3.89. The highest BCUT2D eigenvalue weighted by atomic mass is 16.1. The van der Waals surface area contributed by atoms with Gasteiger partial charge in [-0.05, 0) is 16.9 Å². The highest BCUT2D eigenvalue weighted by Crippen LogP contribution is 2.29. The van der Waals surface area contributed by atoms with Crippen LogP contribution in [-0.2, 0) is 12.0 Å². The fourth-order valence-corrected chi connectivity index (χ4v) is 2.49. The van der Waals surface area contributed by atoms with Gasteiger partial charge in [0.2, 0.25) is 0 Å². The summed E-state index contributed by atoms with van der Waals surface area (Å²) in [5, 5.41) is 3.31. The number of nitrogens with zero attached hydrogens (tertiary/aromatic N) is 1. The van der Waals surface area contributed by atoms with Crippen molar-refractivity contribution in [2.75, 3.05) is 0 Å². The molecular weight excluding hydrogens is 248 g/mol. The largest absolute Gasteiger partial charge is 0.295 e. The van der Waals surface area contributed by atoms with E-state index in [-0.39, 0.29) is 11.0 Å². The minimum atomic E-state index is -0.180. The Morgan fingerprint density at radius 2 is 1.75 bits per heavy atom. The average molecular weight is 272 g/mol. The Balaban J connectivity index is 2.64. The lowest BCUT2D eigenvalue weighted by Gasteiger charge is -2.17. The molecule has 0 bridgehead atoms. The van der Waals surface area contributed by atoms with Gasteiger partial charge in [-0.2, -0.15) is 0 Å². The monoisotopic (exact) mass is 272 g/mol. The summed E-state index contributed by atoms with van der Waals surface area (Å²) < 4.78 is 1.74. The molecule has 0 aliphatic carbocycles. The molecule has 0 atom stereocenters. The van der Waals surface area contributed by atoms with E-state index in [1.807, 2.05) is 30.3 Å². The number of nitrogens with one attached hydrogen (secondary N) is 1. The van der Waals surface area contributed by atoms with Crippen LogP contribution >= 0.6 is 0 Å². The van der Waals surface area contributed by atoms with E-state index in [4.69, 9.17) is 0 Å². The van der Waals surface area contributed by atoms with Crippen molar-refractivity contribution in [3.05, 3.63) is 46.2 Å². The second-order valence-corrected chi connectivity index (χ2v) is 6.79. The molecule has 1 aromatic heterocycles. The summed E-state index contributed by atoms with van der Waals surface area (Å²) in [6, 6.07) is 10.1. The Hall–Kier alpha value is -1.77. The number of hydrogen-bond acceptors (Lipinski definition) is 1. The van der Waals surface area contributed by atoms with E-state index in [1.165, 1.54) is 0 Å². The van der Waals surface area contributed by atoms with Crippen LogP contribution in [-0.4, -0.2) is 9.78 Å². The maximum atomic E-state index is 12.7. The predicted octanol–water partition coefficient (Wildman–Crippen LogP) is 3.80. The molecule has 0 amide bonds. The molecule has 1 N–H and O–H groups in total. The zero-order valence-electron chi connectivity index (χ0n) is 13.0. The second-order valence-electron chi connectivity index (χ2n) is 6.79. The third-order valence-corrected chi connectivity index (χ3v) is 3.32. The second kappa shape index (κ2) is 5.31. The van der Waals surface area contributed by atoms with E-state index < -0.39 is 0 Å². The van der Waals surface area contributed by atoms with E-state index in [1.54, 1.807) is 4.68 Å². The van der Waals surface area contributed by atoms with Gasteiger partial charge in [0, 0.05) is 12.1 Å². The maximum Gasteiger partial charge on any atom is 0.270 e. The van der Waals surface area contributed by atoms with Gasteiger partial charge in [-0.25, -0.2) is 0 Å². The summed E-state index contributed by atoms with van der Waals surface area (Å²) in [6.45, 7) is 11.2. The first-order valence-electron chi connectivity index (χ1n) is 7.19. The molecule has 1 heterocycles. The number of benzene rings is 1. The first-order valence-corrected chi connectivity index (χ1v) is 7.19. The lowest BCUT2D eigenvalue weighted by Crippen LogP contribution is -2.27. The lowest BCUT2D eigenvalue weighted by molar-refractivity contribution is 0.470. The van der Waals surface area contributed by atoms with Crippen LogP contribution in [0.4, 0.5) is 0 Å². The average Bonchev–Trinajstić information content (AvgIpc) is 2.67. The quantitative estimate of drug-likeness (QED) is 0.906. The third kappa shape index (κ3) is 2.87. The topological polar surface area (TPSA) is 37.8 Å². The molecule has 0 fully saturated rings. The molecule has 2 rings (SSSR count). The number of aromatic amines is 1. The van der Waals surface area contributed by atoms with Crippen molar-refractivity contribution in [1.29, 1.82) is 0 Å². The number of H-pyrrole nitrogens is 1. The van der Waals surface area contributed by atoms with Gasteiger partial charge in [0.15, 0.2) is 0 Å². The normalized spacial score (nSPS) is 12.1. The van der Waals surface area contributed by atoms with Crippen LogP contribution in [0.5, 0.6) is 0 Å². The van der Waals surface area contributed by atoms with E-state index >= 15 is 0 Å². The van der Waals surface area contributed by atoms with Gasteiger partial charge in [0.25, 0.3) is 5.56 Å². The van der Waals surface area contributed by atoms with Crippen LogP contribution in [0.25, 0.3) is 11.3 Å². The van der Waals surface area contributed by atoms with Gasteiger partial charge in [-0.3, -0.25) is 14.6 Å². The summed E-state index contributed by atoms with van der Waals surface area (Å²) in [5.74, 6) is 0.433. The van der Waals surface area contributed by atoms with E-state index in [2.05, 4.69) is 39.7 Å². The van der Waals surface area contributed by atoms with Crippen LogP contribution < -0.4 is 5.56 Å². The lowest BCUT2D eigenvalue weighted by atomic mass is 9.85. The summed E-state index contributed by atoms with van der Waals surface area (Å²) in [4.78, 5) is 12.7. The van der Waals surface area contributed by atoms with Gasteiger partial charge in [0.05, 0.1) is 5.69 Å². The zero-order chi connectivity index (χ0) is 14.9. The van der Waals surface area contributed by atoms with Crippen molar-refractivity contribution in [3.63, 3.8) is 0 Å². The Morgan fingerprint density at radius 3 is 2.25 bits per heavy atom. The first kappa shape index (κ1) is 14.6. The molecule has 20 heavy (non-hydrogen) atoms. The minimum absolute atomic E-state index is 0.102. The smallest absolute Gasteiger partial charge is 0.270 e. The van der Waals surface area contributed by atoms with Crippen LogP contribution in [0.3, 0.4) is 0 Å². The Morgan fingerprint density at radius 1 is 1.15 bits per heavy atom. The fraction of sp³-hybridized carbons (Fsp3) is 0.471. The molecule has 0 aliphatic rings. The van der Waals surface area contributed by atoms with E-state index in [0.717, 1.165) is 23.4 Å². The molecular formula is C17H24N2O. The Labute approximate surface area is 120 Å². The zero-order valence-corrected chi connectivity index (χ0v) is 13.0. The van der Waals surface area contributed by atoms with Gasteiger partial charge in [-0.1, -0.05) is 65.0 Å².